The van der Waals surface area contributed by atoms with Crippen LogP contribution in [0, 0.1) is 0 Å². The Morgan fingerprint density at radius 1 is 1.37 bits per heavy atom. The molecule has 0 unspecified atom stereocenters. The van der Waals surface area contributed by atoms with E-state index >= 15 is 0 Å². The van der Waals surface area contributed by atoms with Gasteiger partial charge in [-0.15, -0.1) is 11.3 Å². The summed E-state index contributed by atoms with van der Waals surface area (Å²) in [6, 6.07) is 3.60. The van der Waals surface area contributed by atoms with Crippen LogP contribution in [0.4, 0.5) is 5.69 Å². The normalized spacial score (nSPS) is 15.7. The SMILES string of the molecule is CCOC(=O)c1sc2c(OC[C@@H](O)CN3CCOCC3)c(Br)ccc2c1NC(C)=O. The van der Waals surface area contributed by atoms with Gasteiger partial charge in [-0.05, 0) is 28.9 Å². The molecule has 1 amide bonds. The third-order valence-electron chi connectivity index (χ3n) is 4.52. The number of rotatable bonds is 8. The van der Waals surface area contributed by atoms with Gasteiger partial charge in [-0.25, -0.2) is 4.79 Å². The molecule has 2 heterocycles. The second-order valence-corrected chi connectivity index (χ2v) is 8.71. The van der Waals surface area contributed by atoms with Crippen molar-refractivity contribution < 1.29 is 28.9 Å². The number of hydrogen-bond donors (Lipinski definition) is 2. The van der Waals surface area contributed by atoms with Gasteiger partial charge >= 0.3 is 5.97 Å². The first-order chi connectivity index (χ1) is 14.4. The number of halogens is 1. The van der Waals surface area contributed by atoms with E-state index in [1.54, 1.807) is 19.1 Å². The molecule has 1 aliphatic heterocycles. The van der Waals surface area contributed by atoms with Gasteiger partial charge in [0.2, 0.25) is 5.91 Å². The Morgan fingerprint density at radius 3 is 2.77 bits per heavy atom. The van der Waals surface area contributed by atoms with E-state index in [9.17, 15) is 14.7 Å². The van der Waals surface area contributed by atoms with Gasteiger partial charge in [0.1, 0.15) is 17.6 Å². The third-order valence-corrected chi connectivity index (χ3v) is 6.33. The first-order valence-corrected chi connectivity index (χ1v) is 11.3. The zero-order chi connectivity index (χ0) is 21.7. The van der Waals surface area contributed by atoms with E-state index in [0.717, 1.165) is 13.1 Å². The molecule has 1 aliphatic rings. The van der Waals surface area contributed by atoms with Gasteiger partial charge < -0.3 is 24.6 Å². The van der Waals surface area contributed by atoms with Crippen LogP contribution < -0.4 is 10.1 Å². The van der Waals surface area contributed by atoms with Crippen LogP contribution in [-0.4, -0.2) is 74.0 Å². The highest BCUT2D eigenvalue weighted by Crippen LogP contribution is 2.44. The first kappa shape index (κ1) is 23.0. The number of carbonyl (C=O) groups excluding carboxylic acids is 2. The summed E-state index contributed by atoms with van der Waals surface area (Å²) in [4.78, 5) is 26.6. The molecule has 0 spiro atoms. The van der Waals surface area contributed by atoms with Gasteiger partial charge in [0.25, 0.3) is 0 Å². The highest BCUT2D eigenvalue weighted by molar-refractivity contribution is 9.10. The highest BCUT2D eigenvalue weighted by Gasteiger charge is 2.24. The molecule has 0 bridgehead atoms. The molecular formula is C20H25BrN2O6S. The zero-order valence-corrected chi connectivity index (χ0v) is 19.3. The molecule has 2 N–H and O–H groups in total. The van der Waals surface area contributed by atoms with Crippen LogP contribution in [0.25, 0.3) is 10.1 Å². The number of morpholine rings is 1. The monoisotopic (exact) mass is 500 g/mol. The average Bonchev–Trinajstić information content (AvgIpc) is 3.06. The van der Waals surface area contributed by atoms with Gasteiger partial charge in [0, 0.05) is 31.9 Å². The molecule has 2 aromatic rings. The lowest BCUT2D eigenvalue weighted by Crippen LogP contribution is -2.42. The van der Waals surface area contributed by atoms with Crippen LogP contribution in [0.15, 0.2) is 16.6 Å². The molecular weight excluding hydrogens is 476 g/mol. The minimum Gasteiger partial charge on any atom is -0.488 e. The van der Waals surface area contributed by atoms with Crippen LogP contribution >= 0.6 is 27.3 Å². The van der Waals surface area contributed by atoms with Crippen LogP contribution in [0.2, 0.25) is 0 Å². The van der Waals surface area contributed by atoms with Crippen LogP contribution in [0.5, 0.6) is 5.75 Å². The topological polar surface area (TPSA) is 97.3 Å². The van der Waals surface area contributed by atoms with E-state index in [-0.39, 0.29) is 19.1 Å². The Kier molecular flexibility index (Phi) is 8.06. The van der Waals surface area contributed by atoms with Gasteiger partial charge in [-0.3, -0.25) is 9.69 Å². The number of aliphatic hydroxyl groups is 1. The number of carbonyl (C=O) groups is 2. The maximum Gasteiger partial charge on any atom is 0.350 e. The molecule has 30 heavy (non-hydrogen) atoms. The number of nitrogens with zero attached hydrogens (tertiary/aromatic N) is 1. The first-order valence-electron chi connectivity index (χ1n) is 9.71. The second kappa shape index (κ2) is 10.5. The van der Waals surface area contributed by atoms with E-state index < -0.39 is 12.1 Å². The summed E-state index contributed by atoms with van der Waals surface area (Å²) in [5, 5.41) is 13.8. The van der Waals surface area contributed by atoms with Crippen molar-refractivity contribution in [1.82, 2.24) is 4.90 Å². The lowest BCUT2D eigenvalue weighted by Gasteiger charge is -2.28. The van der Waals surface area contributed by atoms with E-state index in [1.165, 1.54) is 18.3 Å². The molecule has 1 saturated heterocycles. The molecule has 0 radical (unpaired) electrons. The number of benzene rings is 1. The second-order valence-electron chi connectivity index (χ2n) is 6.84. The highest BCUT2D eigenvalue weighted by atomic mass is 79.9. The average molecular weight is 501 g/mol. The number of esters is 1. The summed E-state index contributed by atoms with van der Waals surface area (Å²) in [7, 11) is 0. The number of ether oxygens (including phenoxy) is 3. The van der Waals surface area contributed by atoms with Crippen molar-refractivity contribution in [2.75, 3.05) is 51.4 Å². The van der Waals surface area contributed by atoms with E-state index in [2.05, 4.69) is 26.1 Å². The van der Waals surface area contributed by atoms with Crippen LogP contribution in [-0.2, 0) is 14.3 Å². The quantitative estimate of drug-likeness (QED) is 0.537. The number of amides is 1. The lowest BCUT2D eigenvalue weighted by molar-refractivity contribution is -0.114. The predicted octanol–water partition coefficient (Wildman–Crippen LogP) is 2.87. The Morgan fingerprint density at radius 2 is 2.10 bits per heavy atom. The summed E-state index contributed by atoms with van der Waals surface area (Å²) in [6.45, 7) is 6.82. The van der Waals surface area contributed by atoms with Crippen molar-refractivity contribution in [3.63, 3.8) is 0 Å². The summed E-state index contributed by atoms with van der Waals surface area (Å²) in [6.07, 6.45) is -0.676. The van der Waals surface area contributed by atoms with E-state index in [0.29, 0.717) is 50.6 Å². The molecule has 1 aromatic heterocycles. The van der Waals surface area contributed by atoms with Crippen molar-refractivity contribution in [3.05, 3.63) is 21.5 Å². The number of fused-ring (bicyclic) bond motifs is 1. The summed E-state index contributed by atoms with van der Waals surface area (Å²) in [5.74, 6) is -0.274. The minimum absolute atomic E-state index is 0.0944. The Balaban J connectivity index is 1.85. The van der Waals surface area contributed by atoms with E-state index in [1.807, 2.05) is 0 Å². The molecule has 164 valence electrons. The fourth-order valence-electron chi connectivity index (χ4n) is 3.20. The standard InChI is InChI=1S/C20H25BrN2O6S/c1-3-28-20(26)19-16(22-12(2)24)14-4-5-15(21)17(18(14)30-19)29-11-13(25)10-23-6-8-27-9-7-23/h4-5,13,25H,3,6-11H2,1-2H3,(H,22,24)/t13-/m0/s1. The number of hydrogen-bond acceptors (Lipinski definition) is 8. The number of aliphatic hydroxyl groups excluding tert-OH is 1. The molecule has 1 fully saturated rings. The lowest BCUT2D eigenvalue weighted by atomic mass is 10.2. The minimum atomic E-state index is -0.676. The maximum absolute atomic E-state index is 12.4. The van der Waals surface area contributed by atoms with Crippen molar-refractivity contribution in [3.8, 4) is 5.75 Å². The van der Waals surface area contributed by atoms with Gasteiger partial charge in [-0.2, -0.15) is 0 Å². The molecule has 1 aromatic carbocycles. The Labute approximate surface area is 187 Å². The summed E-state index contributed by atoms with van der Waals surface area (Å²) in [5.41, 5.74) is 0.409. The Hall–Kier alpha value is -1.72. The number of β-amino-alcohol motifs (C(OH)–C–C–N with tert-alkyl or cyclic N) is 1. The summed E-state index contributed by atoms with van der Waals surface area (Å²) >= 11 is 4.68. The van der Waals surface area contributed by atoms with Crippen molar-refractivity contribution >= 4 is 54.9 Å². The fraction of sp³-hybridized carbons (Fsp3) is 0.500. The van der Waals surface area contributed by atoms with Crippen LogP contribution in [0.3, 0.4) is 0 Å². The third kappa shape index (κ3) is 5.50. The number of nitrogens with one attached hydrogen (secondary N) is 1. The van der Waals surface area contributed by atoms with Gasteiger partial charge in [0.15, 0.2) is 5.75 Å². The largest absolute Gasteiger partial charge is 0.488 e. The van der Waals surface area contributed by atoms with Gasteiger partial charge in [-0.1, -0.05) is 6.07 Å². The number of anilines is 1. The van der Waals surface area contributed by atoms with Crippen molar-refractivity contribution in [1.29, 1.82) is 0 Å². The van der Waals surface area contributed by atoms with Crippen LogP contribution in [0.1, 0.15) is 23.5 Å². The molecule has 1 atom stereocenters. The summed E-state index contributed by atoms with van der Waals surface area (Å²) < 4.78 is 17.8. The molecule has 3 rings (SSSR count). The number of thiophene rings is 1. The molecule has 0 saturated carbocycles. The maximum atomic E-state index is 12.4. The van der Waals surface area contributed by atoms with Crippen molar-refractivity contribution in [2.24, 2.45) is 0 Å². The smallest absolute Gasteiger partial charge is 0.350 e. The van der Waals surface area contributed by atoms with Gasteiger partial charge in [0.05, 0.1) is 34.7 Å². The van der Waals surface area contributed by atoms with E-state index in [4.69, 9.17) is 14.2 Å². The fourth-order valence-corrected chi connectivity index (χ4v) is 4.93. The molecule has 10 heteroatoms. The molecule has 0 aliphatic carbocycles. The zero-order valence-electron chi connectivity index (χ0n) is 16.9. The van der Waals surface area contributed by atoms with Crippen molar-refractivity contribution in [2.45, 2.75) is 20.0 Å². The Bertz CT molecular complexity index is 912. The molecule has 8 nitrogen and oxygen atoms in total. The predicted molar refractivity (Wildman–Crippen MR) is 119 cm³/mol.